The van der Waals surface area contributed by atoms with E-state index in [4.69, 9.17) is 5.73 Å². The van der Waals surface area contributed by atoms with Crippen LogP contribution in [0.2, 0.25) is 0 Å². The van der Waals surface area contributed by atoms with E-state index in [1.807, 2.05) is 18.3 Å². The fourth-order valence-corrected chi connectivity index (χ4v) is 3.52. The smallest absolute Gasteiger partial charge is 0.228 e. The molecule has 3 rings (SSSR count). The highest BCUT2D eigenvalue weighted by Gasteiger charge is 2.34. The summed E-state index contributed by atoms with van der Waals surface area (Å²) in [6.45, 7) is 2.07. The third-order valence-corrected chi connectivity index (χ3v) is 4.97. The van der Waals surface area contributed by atoms with Crippen LogP contribution >= 0.6 is 11.3 Å². The number of nitrogens with zero attached hydrogens (tertiary/aromatic N) is 1. The fraction of sp³-hybridized carbons (Fsp3) is 0.375. The number of anilines is 1. The van der Waals surface area contributed by atoms with Crippen molar-refractivity contribution in [3.63, 3.8) is 0 Å². The molecular weight excluding hydrogens is 282 g/mol. The molecule has 1 aromatic carbocycles. The normalized spacial score (nSPS) is 16.3. The molecule has 1 aliphatic rings. The average molecular weight is 301 g/mol. The molecule has 1 heterocycles. The number of benzene rings is 1. The van der Waals surface area contributed by atoms with E-state index in [9.17, 15) is 4.79 Å². The molecule has 5 heteroatoms. The van der Waals surface area contributed by atoms with E-state index in [0.29, 0.717) is 11.6 Å². The van der Waals surface area contributed by atoms with Gasteiger partial charge in [-0.15, -0.1) is 0 Å². The molecule has 0 saturated heterocycles. The lowest BCUT2D eigenvalue weighted by molar-refractivity contribution is -0.118. The van der Waals surface area contributed by atoms with Crippen molar-refractivity contribution in [3.8, 4) is 10.4 Å². The summed E-state index contributed by atoms with van der Waals surface area (Å²) >= 11 is 1.50. The van der Waals surface area contributed by atoms with Crippen LogP contribution in [0.5, 0.6) is 0 Å². The minimum absolute atomic E-state index is 0.0390. The highest BCUT2D eigenvalue weighted by Crippen LogP contribution is 2.34. The molecule has 21 heavy (non-hydrogen) atoms. The molecule has 1 aliphatic carbocycles. The van der Waals surface area contributed by atoms with Gasteiger partial charge in [-0.25, -0.2) is 4.98 Å². The minimum Gasteiger partial charge on any atom is -0.325 e. The SMILES string of the molecule is Cc1ccccc1-c1cnc(NC(=O)CC2(N)CCC2)s1. The number of nitrogens with two attached hydrogens (primary N) is 1. The molecule has 0 atom stereocenters. The first kappa shape index (κ1) is 14.2. The topological polar surface area (TPSA) is 68.0 Å². The van der Waals surface area contributed by atoms with Crippen LogP contribution in [0.4, 0.5) is 5.13 Å². The average Bonchev–Trinajstić information content (AvgIpc) is 2.85. The molecule has 0 spiro atoms. The van der Waals surface area contributed by atoms with Crippen molar-refractivity contribution < 1.29 is 4.79 Å². The molecular formula is C16H19N3OS. The number of thiazole rings is 1. The van der Waals surface area contributed by atoms with E-state index >= 15 is 0 Å². The predicted octanol–water partition coefficient (Wildman–Crippen LogP) is 3.33. The number of aryl methyl sites for hydroxylation is 1. The molecule has 110 valence electrons. The number of hydrogen-bond donors (Lipinski definition) is 2. The first-order valence-electron chi connectivity index (χ1n) is 7.16. The fourth-order valence-electron chi connectivity index (χ4n) is 2.60. The first-order valence-corrected chi connectivity index (χ1v) is 7.98. The lowest BCUT2D eigenvalue weighted by atomic mass is 9.75. The van der Waals surface area contributed by atoms with Crippen molar-refractivity contribution in [2.45, 2.75) is 38.1 Å². The molecule has 1 saturated carbocycles. The summed E-state index contributed by atoms with van der Waals surface area (Å²) in [5.41, 5.74) is 8.16. The Bertz CT molecular complexity index is 661. The Balaban J connectivity index is 1.68. The highest BCUT2D eigenvalue weighted by atomic mass is 32.1. The van der Waals surface area contributed by atoms with Gasteiger partial charge in [0.1, 0.15) is 0 Å². The Morgan fingerprint density at radius 3 is 2.86 bits per heavy atom. The van der Waals surface area contributed by atoms with E-state index < -0.39 is 0 Å². The molecule has 1 fully saturated rings. The first-order chi connectivity index (χ1) is 10.1. The lowest BCUT2D eigenvalue weighted by Gasteiger charge is -2.37. The van der Waals surface area contributed by atoms with Crippen LogP contribution in [0.25, 0.3) is 10.4 Å². The largest absolute Gasteiger partial charge is 0.325 e. The van der Waals surface area contributed by atoms with E-state index in [1.54, 1.807) is 0 Å². The molecule has 4 nitrogen and oxygen atoms in total. The second kappa shape index (κ2) is 5.58. The monoisotopic (exact) mass is 301 g/mol. The van der Waals surface area contributed by atoms with Crippen LogP contribution < -0.4 is 11.1 Å². The molecule has 0 radical (unpaired) electrons. The van der Waals surface area contributed by atoms with Crippen LogP contribution in [0, 0.1) is 6.92 Å². The third kappa shape index (κ3) is 3.14. The Kier molecular flexibility index (Phi) is 3.78. The standard InChI is InChI=1S/C16H19N3OS/c1-11-5-2-3-6-12(11)13-10-18-15(21-13)19-14(20)9-16(17)7-4-8-16/h2-3,5-6,10H,4,7-9,17H2,1H3,(H,18,19,20). The van der Waals surface area contributed by atoms with Crippen molar-refractivity contribution in [1.82, 2.24) is 4.98 Å². The zero-order valence-corrected chi connectivity index (χ0v) is 12.9. The molecule has 3 N–H and O–H groups in total. The van der Waals surface area contributed by atoms with Gasteiger partial charge in [0.25, 0.3) is 0 Å². The minimum atomic E-state index is -0.291. The summed E-state index contributed by atoms with van der Waals surface area (Å²) in [4.78, 5) is 17.4. The van der Waals surface area contributed by atoms with Gasteiger partial charge in [-0.3, -0.25) is 4.79 Å². The number of amides is 1. The number of carbonyl (C=O) groups is 1. The second-order valence-electron chi connectivity index (χ2n) is 5.79. The van der Waals surface area contributed by atoms with Crippen molar-refractivity contribution in [3.05, 3.63) is 36.0 Å². The quantitative estimate of drug-likeness (QED) is 0.910. The Morgan fingerprint density at radius 1 is 1.43 bits per heavy atom. The molecule has 0 unspecified atom stereocenters. The number of aromatic nitrogens is 1. The summed E-state index contributed by atoms with van der Waals surface area (Å²) in [5.74, 6) is -0.0390. The molecule has 2 aromatic rings. The van der Waals surface area contributed by atoms with Gasteiger partial charge >= 0.3 is 0 Å². The summed E-state index contributed by atoms with van der Waals surface area (Å²) < 4.78 is 0. The summed E-state index contributed by atoms with van der Waals surface area (Å²) in [5, 5.41) is 3.50. The summed E-state index contributed by atoms with van der Waals surface area (Å²) in [6.07, 6.45) is 5.19. The van der Waals surface area contributed by atoms with Crippen molar-refractivity contribution in [1.29, 1.82) is 0 Å². The molecule has 1 aromatic heterocycles. The van der Waals surface area contributed by atoms with Gasteiger partial charge in [-0.1, -0.05) is 35.6 Å². The van der Waals surface area contributed by atoms with Gasteiger partial charge in [-0.2, -0.15) is 0 Å². The number of nitrogens with one attached hydrogen (secondary N) is 1. The van der Waals surface area contributed by atoms with Crippen LogP contribution in [0.1, 0.15) is 31.2 Å². The Morgan fingerprint density at radius 2 is 2.19 bits per heavy atom. The molecule has 0 aliphatic heterocycles. The number of carbonyl (C=O) groups excluding carboxylic acids is 1. The van der Waals surface area contributed by atoms with Gasteiger partial charge in [-0.05, 0) is 37.3 Å². The molecule has 0 bridgehead atoms. The number of rotatable bonds is 4. The second-order valence-corrected chi connectivity index (χ2v) is 6.82. The third-order valence-electron chi connectivity index (χ3n) is 4.02. The highest BCUT2D eigenvalue weighted by molar-refractivity contribution is 7.19. The van der Waals surface area contributed by atoms with E-state index in [0.717, 1.165) is 29.7 Å². The number of hydrogen-bond acceptors (Lipinski definition) is 4. The zero-order valence-electron chi connectivity index (χ0n) is 12.1. The Hall–Kier alpha value is -1.72. The predicted molar refractivity (Wildman–Crippen MR) is 86.3 cm³/mol. The summed E-state index contributed by atoms with van der Waals surface area (Å²) in [7, 11) is 0. The van der Waals surface area contributed by atoms with E-state index in [2.05, 4.69) is 29.4 Å². The maximum absolute atomic E-state index is 12.0. The van der Waals surface area contributed by atoms with Gasteiger partial charge in [0, 0.05) is 18.2 Å². The Labute approximate surface area is 128 Å². The summed E-state index contributed by atoms with van der Waals surface area (Å²) in [6, 6.07) is 8.16. The van der Waals surface area contributed by atoms with Gasteiger partial charge < -0.3 is 11.1 Å². The maximum atomic E-state index is 12.0. The lowest BCUT2D eigenvalue weighted by Crippen LogP contribution is -2.48. The van der Waals surface area contributed by atoms with Gasteiger partial charge in [0.15, 0.2) is 5.13 Å². The van der Waals surface area contributed by atoms with Crippen LogP contribution in [-0.2, 0) is 4.79 Å². The van der Waals surface area contributed by atoms with Crippen LogP contribution in [0.3, 0.4) is 0 Å². The zero-order chi connectivity index (χ0) is 14.9. The van der Waals surface area contributed by atoms with Gasteiger partial charge in [0.2, 0.25) is 5.91 Å². The molecule has 1 amide bonds. The van der Waals surface area contributed by atoms with Crippen molar-refractivity contribution in [2.75, 3.05) is 5.32 Å². The van der Waals surface area contributed by atoms with Crippen LogP contribution in [0.15, 0.2) is 30.5 Å². The van der Waals surface area contributed by atoms with Crippen molar-refractivity contribution in [2.24, 2.45) is 5.73 Å². The van der Waals surface area contributed by atoms with E-state index in [1.165, 1.54) is 16.9 Å². The van der Waals surface area contributed by atoms with E-state index in [-0.39, 0.29) is 11.4 Å². The van der Waals surface area contributed by atoms with Gasteiger partial charge in [0.05, 0.1) is 4.88 Å². The maximum Gasteiger partial charge on any atom is 0.228 e. The van der Waals surface area contributed by atoms with Crippen molar-refractivity contribution >= 4 is 22.4 Å². The van der Waals surface area contributed by atoms with Crippen LogP contribution in [-0.4, -0.2) is 16.4 Å².